The Morgan fingerprint density at radius 1 is 1.39 bits per heavy atom. The molecule has 4 N–H and O–H groups in total. The van der Waals surface area contributed by atoms with Crippen molar-refractivity contribution in [2.45, 2.75) is 63.3 Å². The molecule has 8 heteroatoms. The highest BCUT2D eigenvalue weighted by atomic mass is 16.3. The van der Waals surface area contributed by atoms with E-state index >= 15 is 0 Å². The number of nitrogens with one attached hydrogen (secondary N) is 2. The number of rotatable bonds is 6. The third kappa shape index (κ3) is 3.81. The van der Waals surface area contributed by atoms with Gasteiger partial charge >= 0.3 is 6.03 Å². The molecule has 8 nitrogen and oxygen atoms in total. The molecule has 2 saturated carbocycles. The summed E-state index contributed by atoms with van der Waals surface area (Å²) in [5, 5.41) is 34.1. The van der Waals surface area contributed by atoms with Gasteiger partial charge in [0, 0.05) is 31.1 Å². The van der Waals surface area contributed by atoms with E-state index < -0.39 is 18.2 Å². The molecule has 2 aliphatic carbocycles. The van der Waals surface area contributed by atoms with E-state index in [-0.39, 0.29) is 11.9 Å². The van der Waals surface area contributed by atoms with Crippen LogP contribution < -0.4 is 10.6 Å². The molecule has 1 heterocycles. The molecule has 128 valence electrons. The molecule has 0 saturated heterocycles. The Balaban J connectivity index is 1.54. The molecular formula is C15H25N5O3. The maximum atomic E-state index is 11.7. The summed E-state index contributed by atoms with van der Waals surface area (Å²) in [5.74, 6) is 0.384. The topological polar surface area (TPSA) is 112 Å². The second kappa shape index (κ2) is 6.84. The lowest BCUT2D eigenvalue weighted by Gasteiger charge is -2.18. The van der Waals surface area contributed by atoms with Gasteiger partial charge in [-0.2, -0.15) is 0 Å². The predicted octanol–water partition coefficient (Wildman–Crippen LogP) is -0.0250. The normalized spacial score (nSPS) is 30.4. The van der Waals surface area contributed by atoms with Crippen LogP contribution in [-0.4, -0.2) is 56.0 Å². The first kappa shape index (κ1) is 16.2. The van der Waals surface area contributed by atoms with Crippen LogP contribution in [0, 0.1) is 5.92 Å². The van der Waals surface area contributed by atoms with Crippen LogP contribution in [0.25, 0.3) is 0 Å². The van der Waals surface area contributed by atoms with Crippen LogP contribution in [-0.2, 0) is 6.54 Å². The molecule has 2 amide bonds. The van der Waals surface area contributed by atoms with Crippen molar-refractivity contribution in [3.8, 4) is 0 Å². The van der Waals surface area contributed by atoms with Gasteiger partial charge in [0.15, 0.2) is 0 Å². The molecule has 0 bridgehead atoms. The number of nitrogens with zero attached hydrogens (tertiary/aromatic N) is 3. The summed E-state index contributed by atoms with van der Waals surface area (Å²) in [4.78, 5) is 11.7. The summed E-state index contributed by atoms with van der Waals surface area (Å²) in [6.45, 7) is 3.05. The van der Waals surface area contributed by atoms with Gasteiger partial charge in [0.1, 0.15) is 6.10 Å². The maximum absolute atomic E-state index is 11.7. The van der Waals surface area contributed by atoms with Crippen molar-refractivity contribution < 1.29 is 15.0 Å². The van der Waals surface area contributed by atoms with E-state index in [0.717, 1.165) is 12.1 Å². The van der Waals surface area contributed by atoms with Crippen LogP contribution in [0.2, 0.25) is 0 Å². The lowest BCUT2D eigenvalue weighted by Crippen LogP contribution is -2.47. The Morgan fingerprint density at radius 2 is 2.17 bits per heavy atom. The number of amides is 2. The van der Waals surface area contributed by atoms with Crippen molar-refractivity contribution in [2.24, 2.45) is 5.92 Å². The average Bonchev–Trinajstić information content (AvgIpc) is 3.24. The van der Waals surface area contributed by atoms with Crippen LogP contribution in [0.4, 0.5) is 4.79 Å². The summed E-state index contributed by atoms with van der Waals surface area (Å²) in [6, 6.07) is -0.751. The summed E-state index contributed by atoms with van der Waals surface area (Å²) in [5.41, 5.74) is 1.01. The Hall–Kier alpha value is -1.67. The highest BCUT2D eigenvalue weighted by Gasteiger charge is 2.42. The van der Waals surface area contributed by atoms with Gasteiger partial charge in [-0.3, -0.25) is 4.68 Å². The largest absolute Gasteiger partial charge is 0.390 e. The fourth-order valence-corrected chi connectivity index (χ4v) is 3.12. The minimum absolute atomic E-state index is 0.157. The van der Waals surface area contributed by atoms with Crippen LogP contribution >= 0.6 is 0 Å². The van der Waals surface area contributed by atoms with Crippen molar-refractivity contribution in [1.29, 1.82) is 0 Å². The van der Waals surface area contributed by atoms with Gasteiger partial charge in [0.2, 0.25) is 0 Å². The Morgan fingerprint density at radius 3 is 2.87 bits per heavy atom. The number of aliphatic hydroxyl groups is 2. The van der Waals surface area contributed by atoms with Gasteiger partial charge in [-0.1, -0.05) is 12.1 Å². The van der Waals surface area contributed by atoms with E-state index in [1.807, 2.05) is 13.1 Å². The molecule has 0 radical (unpaired) electrons. The predicted molar refractivity (Wildman–Crippen MR) is 82.7 cm³/mol. The lowest BCUT2D eigenvalue weighted by molar-refractivity contribution is 0.00860. The highest BCUT2D eigenvalue weighted by Crippen LogP contribution is 2.38. The molecule has 1 aromatic heterocycles. The van der Waals surface area contributed by atoms with E-state index in [1.54, 1.807) is 4.68 Å². The number of carbonyl (C=O) groups excluding carboxylic acids is 1. The number of hydrogen-bond acceptors (Lipinski definition) is 5. The number of aromatic nitrogens is 3. The zero-order valence-electron chi connectivity index (χ0n) is 13.4. The Bertz CT molecular complexity index is 545. The van der Waals surface area contributed by atoms with Crippen molar-refractivity contribution in [3.05, 3.63) is 11.9 Å². The van der Waals surface area contributed by atoms with Crippen molar-refractivity contribution >= 4 is 6.03 Å². The van der Waals surface area contributed by atoms with E-state index in [1.165, 1.54) is 12.8 Å². The molecule has 0 unspecified atom stereocenters. The van der Waals surface area contributed by atoms with Gasteiger partial charge in [0.05, 0.1) is 17.8 Å². The lowest BCUT2D eigenvalue weighted by atomic mass is 10.1. The zero-order chi connectivity index (χ0) is 16.4. The second-order valence-electron chi connectivity index (χ2n) is 6.62. The molecule has 2 fully saturated rings. The minimum Gasteiger partial charge on any atom is -0.390 e. The Kier molecular flexibility index (Phi) is 4.82. The van der Waals surface area contributed by atoms with E-state index in [4.69, 9.17) is 0 Å². The smallest absolute Gasteiger partial charge is 0.315 e. The van der Waals surface area contributed by atoms with Crippen molar-refractivity contribution in [1.82, 2.24) is 25.6 Å². The number of hydrogen-bond donors (Lipinski definition) is 4. The molecule has 1 aromatic rings. The summed E-state index contributed by atoms with van der Waals surface area (Å²) in [7, 11) is 0. The van der Waals surface area contributed by atoms with Crippen LogP contribution in [0.1, 0.15) is 44.2 Å². The number of carbonyl (C=O) groups is 1. The third-order valence-electron chi connectivity index (χ3n) is 4.63. The fraction of sp³-hybridized carbons (Fsp3) is 0.800. The molecule has 23 heavy (non-hydrogen) atoms. The van der Waals surface area contributed by atoms with E-state index in [2.05, 4.69) is 20.9 Å². The average molecular weight is 323 g/mol. The van der Waals surface area contributed by atoms with E-state index in [0.29, 0.717) is 25.4 Å². The van der Waals surface area contributed by atoms with Crippen LogP contribution in [0.15, 0.2) is 6.20 Å². The number of aliphatic hydroxyl groups excluding tert-OH is 2. The molecule has 3 rings (SSSR count). The fourth-order valence-electron chi connectivity index (χ4n) is 3.12. The van der Waals surface area contributed by atoms with Gasteiger partial charge in [0.25, 0.3) is 0 Å². The monoisotopic (exact) mass is 323 g/mol. The molecule has 0 aliphatic heterocycles. The number of urea groups is 1. The molecule has 0 aromatic carbocycles. The highest BCUT2D eigenvalue weighted by molar-refractivity contribution is 5.74. The van der Waals surface area contributed by atoms with Crippen LogP contribution in [0.3, 0.4) is 0 Å². The quantitative estimate of drug-likeness (QED) is 0.587. The van der Waals surface area contributed by atoms with Gasteiger partial charge in [-0.05, 0) is 25.7 Å². The third-order valence-corrected chi connectivity index (χ3v) is 4.63. The molecule has 4 atom stereocenters. The molecular weight excluding hydrogens is 298 g/mol. The standard InChI is InChI=1S/C15H25N5O3/c1-2-5-16-15(23)17-11-6-10(13(21)14(11)22)7-20-8-12(18-19-20)9-3-4-9/h8-11,13-14,21-22H,2-7H2,1H3,(H2,16,17,23)/t10-,11-,13-,14+/m1/s1. The maximum Gasteiger partial charge on any atom is 0.315 e. The van der Waals surface area contributed by atoms with Crippen molar-refractivity contribution in [3.63, 3.8) is 0 Å². The first-order valence-corrected chi connectivity index (χ1v) is 8.39. The van der Waals surface area contributed by atoms with Crippen LogP contribution in [0.5, 0.6) is 0 Å². The summed E-state index contributed by atoms with van der Waals surface area (Å²) in [6.07, 6.45) is 3.79. The first-order valence-electron chi connectivity index (χ1n) is 8.39. The SMILES string of the molecule is CCCNC(=O)N[C@@H]1C[C@H](Cn2cc(C3CC3)nn2)[C@@H](O)[C@H]1O. The minimum atomic E-state index is -0.959. The Labute approximate surface area is 135 Å². The van der Waals surface area contributed by atoms with Crippen molar-refractivity contribution in [2.75, 3.05) is 6.54 Å². The van der Waals surface area contributed by atoms with Gasteiger partial charge in [-0.25, -0.2) is 4.79 Å². The summed E-state index contributed by atoms with van der Waals surface area (Å²) < 4.78 is 1.73. The summed E-state index contributed by atoms with van der Waals surface area (Å²) >= 11 is 0. The molecule has 0 spiro atoms. The molecule has 2 aliphatic rings. The van der Waals surface area contributed by atoms with E-state index in [9.17, 15) is 15.0 Å². The first-order chi connectivity index (χ1) is 11.1. The van der Waals surface area contributed by atoms with Gasteiger partial charge in [-0.15, -0.1) is 5.10 Å². The second-order valence-corrected chi connectivity index (χ2v) is 6.62. The van der Waals surface area contributed by atoms with Gasteiger partial charge < -0.3 is 20.8 Å². The zero-order valence-corrected chi connectivity index (χ0v) is 13.4.